The molecule has 4 nitrogen and oxygen atoms in total. The van der Waals surface area contributed by atoms with Crippen LogP contribution in [-0.4, -0.2) is 10.6 Å². The topological polar surface area (TPSA) is 53.7 Å². The predicted molar refractivity (Wildman–Crippen MR) is 67.7 cm³/mol. The molecule has 0 aliphatic heterocycles. The SMILES string of the molecule is [N-]=[N+]=N[C@H]1CC[C@H](n2ccc3cc(F)ccc32)C1. The Morgan fingerprint density at radius 1 is 1.33 bits per heavy atom. The van der Waals surface area contributed by atoms with Crippen molar-refractivity contribution in [1.82, 2.24) is 4.57 Å². The fraction of sp³-hybridized carbons (Fsp3) is 0.385. The highest BCUT2D eigenvalue weighted by Crippen LogP contribution is 2.34. The third kappa shape index (κ3) is 1.83. The Balaban J connectivity index is 1.93. The molecule has 0 radical (unpaired) electrons. The zero-order valence-electron chi connectivity index (χ0n) is 9.83. The van der Waals surface area contributed by atoms with Crippen molar-refractivity contribution in [3.63, 3.8) is 0 Å². The van der Waals surface area contributed by atoms with E-state index in [0.29, 0.717) is 6.04 Å². The zero-order chi connectivity index (χ0) is 12.5. The first-order chi connectivity index (χ1) is 8.78. The second-order valence-corrected chi connectivity index (χ2v) is 4.75. The van der Waals surface area contributed by atoms with Crippen molar-refractivity contribution in [2.45, 2.75) is 31.3 Å². The summed E-state index contributed by atoms with van der Waals surface area (Å²) in [6.45, 7) is 0. The van der Waals surface area contributed by atoms with E-state index in [1.165, 1.54) is 6.07 Å². The Morgan fingerprint density at radius 2 is 2.22 bits per heavy atom. The number of fused-ring (bicyclic) bond motifs is 1. The summed E-state index contributed by atoms with van der Waals surface area (Å²) in [5, 5.41) is 4.70. The van der Waals surface area contributed by atoms with Crippen LogP contribution in [0.3, 0.4) is 0 Å². The van der Waals surface area contributed by atoms with Crippen molar-refractivity contribution >= 4 is 10.9 Å². The second kappa shape index (κ2) is 4.35. The summed E-state index contributed by atoms with van der Waals surface area (Å²) in [5.74, 6) is -0.210. The number of aromatic nitrogens is 1. The van der Waals surface area contributed by atoms with Crippen LogP contribution in [0.4, 0.5) is 4.39 Å². The molecule has 0 amide bonds. The minimum Gasteiger partial charge on any atom is -0.344 e. The third-order valence-corrected chi connectivity index (χ3v) is 3.67. The van der Waals surface area contributed by atoms with Gasteiger partial charge in [0.1, 0.15) is 5.82 Å². The van der Waals surface area contributed by atoms with Gasteiger partial charge >= 0.3 is 0 Å². The van der Waals surface area contributed by atoms with E-state index < -0.39 is 0 Å². The zero-order valence-corrected chi connectivity index (χ0v) is 9.83. The normalized spacial score (nSPS) is 23.2. The molecule has 92 valence electrons. The van der Waals surface area contributed by atoms with Crippen LogP contribution in [0.15, 0.2) is 35.6 Å². The van der Waals surface area contributed by atoms with Gasteiger partial charge in [-0.2, -0.15) is 0 Å². The Kier molecular flexibility index (Phi) is 2.68. The van der Waals surface area contributed by atoms with Crippen molar-refractivity contribution < 1.29 is 4.39 Å². The highest BCUT2D eigenvalue weighted by atomic mass is 19.1. The van der Waals surface area contributed by atoms with Crippen molar-refractivity contribution in [2.24, 2.45) is 5.11 Å². The van der Waals surface area contributed by atoms with Gasteiger partial charge in [-0.05, 0) is 49.1 Å². The van der Waals surface area contributed by atoms with Gasteiger partial charge in [-0.15, -0.1) is 0 Å². The first-order valence-electron chi connectivity index (χ1n) is 6.08. The lowest BCUT2D eigenvalue weighted by Crippen LogP contribution is -2.04. The molecule has 2 atom stereocenters. The summed E-state index contributed by atoms with van der Waals surface area (Å²) in [5.41, 5.74) is 9.50. The van der Waals surface area contributed by atoms with E-state index in [4.69, 9.17) is 5.53 Å². The summed E-state index contributed by atoms with van der Waals surface area (Å²) in [6, 6.07) is 7.22. The van der Waals surface area contributed by atoms with Gasteiger partial charge in [0.2, 0.25) is 0 Å². The van der Waals surface area contributed by atoms with Crippen LogP contribution in [0.2, 0.25) is 0 Å². The standard InChI is InChI=1S/C13H13FN4/c14-10-1-4-13-9(7-10)5-6-18(13)12-3-2-11(8-12)16-17-15/h1,4-7,11-12H,2-3,8H2/t11-,12-/m0/s1. The smallest absolute Gasteiger partial charge is 0.123 e. The number of hydrogen-bond donors (Lipinski definition) is 0. The molecular weight excluding hydrogens is 231 g/mol. The number of azide groups is 1. The van der Waals surface area contributed by atoms with E-state index in [1.54, 1.807) is 6.07 Å². The highest BCUT2D eigenvalue weighted by molar-refractivity contribution is 5.80. The monoisotopic (exact) mass is 244 g/mol. The van der Waals surface area contributed by atoms with Gasteiger partial charge in [0, 0.05) is 34.1 Å². The largest absolute Gasteiger partial charge is 0.344 e. The van der Waals surface area contributed by atoms with Gasteiger partial charge in [-0.25, -0.2) is 4.39 Å². The molecule has 1 saturated carbocycles. The van der Waals surface area contributed by atoms with Gasteiger partial charge in [-0.1, -0.05) is 5.11 Å². The van der Waals surface area contributed by atoms with Gasteiger partial charge in [0.05, 0.1) is 0 Å². The first kappa shape index (κ1) is 11.1. The fourth-order valence-corrected chi connectivity index (χ4v) is 2.82. The average molecular weight is 244 g/mol. The first-order valence-corrected chi connectivity index (χ1v) is 6.08. The molecule has 1 aromatic heterocycles. The maximum absolute atomic E-state index is 13.1. The Morgan fingerprint density at radius 3 is 3.06 bits per heavy atom. The van der Waals surface area contributed by atoms with E-state index in [9.17, 15) is 4.39 Å². The van der Waals surface area contributed by atoms with Crippen molar-refractivity contribution in [3.05, 3.63) is 46.7 Å². The average Bonchev–Trinajstić information content (AvgIpc) is 2.95. The molecule has 1 aliphatic rings. The molecule has 1 heterocycles. The molecule has 0 bridgehead atoms. The van der Waals surface area contributed by atoms with Gasteiger partial charge in [0.25, 0.3) is 0 Å². The highest BCUT2D eigenvalue weighted by Gasteiger charge is 2.25. The molecule has 3 rings (SSSR count). The summed E-state index contributed by atoms with van der Waals surface area (Å²) >= 11 is 0. The molecule has 5 heteroatoms. The maximum Gasteiger partial charge on any atom is 0.123 e. The van der Waals surface area contributed by atoms with Gasteiger partial charge < -0.3 is 4.57 Å². The van der Waals surface area contributed by atoms with Crippen LogP contribution < -0.4 is 0 Å². The minimum absolute atomic E-state index is 0.0953. The summed E-state index contributed by atoms with van der Waals surface area (Å²) in [7, 11) is 0. The summed E-state index contributed by atoms with van der Waals surface area (Å²) in [4.78, 5) is 2.87. The number of nitrogens with zero attached hydrogens (tertiary/aromatic N) is 4. The Hall–Kier alpha value is -2.00. The van der Waals surface area contributed by atoms with Gasteiger partial charge in [-0.3, -0.25) is 0 Å². The van der Waals surface area contributed by atoms with E-state index in [1.807, 2.05) is 18.3 Å². The molecule has 2 aromatic rings. The molecule has 1 fully saturated rings. The Bertz CT molecular complexity index is 627. The summed E-state index contributed by atoms with van der Waals surface area (Å²) < 4.78 is 15.3. The van der Waals surface area contributed by atoms with Crippen LogP contribution in [0.1, 0.15) is 25.3 Å². The number of hydrogen-bond acceptors (Lipinski definition) is 1. The van der Waals surface area contributed by atoms with Crippen LogP contribution in [0.25, 0.3) is 21.3 Å². The lowest BCUT2D eigenvalue weighted by Gasteiger charge is -2.13. The van der Waals surface area contributed by atoms with Crippen LogP contribution >= 0.6 is 0 Å². The number of halogens is 1. The van der Waals surface area contributed by atoms with E-state index in [-0.39, 0.29) is 11.9 Å². The molecule has 0 saturated heterocycles. The molecule has 0 spiro atoms. The maximum atomic E-state index is 13.1. The Labute approximate surface area is 104 Å². The summed E-state index contributed by atoms with van der Waals surface area (Å²) in [6.07, 6.45) is 4.79. The van der Waals surface area contributed by atoms with Crippen LogP contribution in [0, 0.1) is 5.82 Å². The van der Waals surface area contributed by atoms with Crippen molar-refractivity contribution in [3.8, 4) is 0 Å². The molecule has 1 aliphatic carbocycles. The molecule has 0 N–H and O–H groups in total. The van der Waals surface area contributed by atoms with Crippen LogP contribution in [-0.2, 0) is 0 Å². The van der Waals surface area contributed by atoms with Crippen molar-refractivity contribution in [1.29, 1.82) is 0 Å². The second-order valence-electron chi connectivity index (χ2n) is 4.75. The lowest BCUT2D eigenvalue weighted by atomic mass is 10.2. The third-order valence-electron chi connectivity index (χ3n) is 3.67. The molecule has 18 heavy (non-hydrogen) atoms. The van der Waals surface area contributed by atoms with E-state index in [0.717, 1.165) is 30.2 Å². The lowest BCUT2D eigenvalue weighted by molar-refractivity contribution is 0.525. The van der Waals surface area contributed by atoms with Gasteiger partial charge in [0.15, 0.2) is 0 Å². The minimum atomic E-state index is -0.210. The predicted octanol–water partition coefficient (Wildman–Crippen LogP) is 4.18. The number of rotatable bonds is 2. The molecule has 1 aromatic carbocycles. The fourth-order valence-electron chi connectivity index (χ4n) is 2.82. The van der Waals surface area contributed by atoms with E-state index in [2.05, 4.69) is 14.6 Å². The molecular formula is C13H13FN4. The van der Waals surface area contributed by atoms with E-state index >= 15 is 0 Å². The number of benzene rings is 1. The molecule has 0 unspecified atom stereocenters. The van der Waals surface area contributed by atoms with Crippen LogP contribution in [0.5, 0.6) is 0 Å². The van der Waals surface area contributed by atoms with Crippen molar-refractivity contribution in [2.75, 3.05) is 0 Å². The quantitative estimate of drug-likeness (QED) is 0.432.